The Labute approximate surface area is 133 Å². The molecule has 1 aromatic rings. The monoisotopic (exact) mass is 304 g/mol. The van der Waals surface area contributed by atoms with E-state index in [1.165, 1.54) is 24.8 Å². The van der Waals surface area contributed by atoms with Crippen molar-refractivity contribution in [3.05, 3.63) is 35.9 Å². The number of benzene rings is 1. The Morgan fingerprint density at radius 2 is 1.95 bits per heavy atom. The van der Waals surface area contributed by atoms with E-state index in [0.717, 1.165) is 19.4 Å². The first-order valence-electron chi connectivity index (χ1n) is 8.34. The Morgan fingerprint density at radius 3 is 2.64 bits per heavy atom. The quantitative estimate of drug-likeness (QED) is 0.751. The smallest absolute Gasteiger partial charge is 0.237 e. The van der Waals surface area contributed by atoms with Gasteiger partial charge in [-0.15, -0.1) is 0 Å². The number of nitrogens with zero attached hydrogens (tertiary/aromatic N) is 1. The number of methoxy groups -OCH3 is 1. The summed E-state index contributed by atoms with van der Waals surface area (Å²) in [6, 6.07) is 10.7. The number of carbonyl (C=O) groups is 1. The van der Waals surface area contributed by atoms with Crippen molar-refractivity contribution in [3.8, 4) is 0 Å². The van der Waals surface area contributed by atoms with E-state index in [9.17, 15) is 4.79 Å². The number of hydrogen-bond acceptors (Lipinski definition) is 3. The average molecular weight is 304 g/mol. The van der Waals surface area contributed by atoms with Crippen LogP contribution in [-0.4, -0.2) is 43.7 Å². The molecule has 0 spiro atoms. The molecular weight excluding hydrogens is 276 g/mol. The van der Waals surface area contributed by atoms with E-state index in [4.69, 9.17) is 4.74 Å². The topological polar surface area (TPSA) is 41.6 Å². The lowest BCUT2D eigenvalue weighted by atomic mass is 9.93. The van der Waals surface area contributed by atoms with Crippen molar-refractivity contribution in [1.82, 2.24) is 10.2 Å². The van der Waals surface area contributed by atoms with Crippen LogP contribution in [0.25, 0.3) is 0 Å². The number of carbonyl (C=O) groups excluding carboxylic acids is 1. The lowest BCUT2D eigenvalue weighted by Crippen LogP contribution is -2.45. The summed E-state index contributed by atoms with van der Waals surface area (Å²) < 4.78 is 5.01. The second-order valence-corrected chi connectivity index (χ2v) is 5.97. The van der Waals surface area contributed by atoms with Crippen molar-refractivity contribution in [1.29, 1.82) is 0 Å². The van der Waals surface area contributed by atoms with E-state index in [1.54, 1.807) is 7.11 Å². The highest BCUT2D eigenvalue weighted by Gasteiger charge is 2.25. The molecule has 0 aliphatic heterocycles. The van der Waals surface area contributed by atoms with Crippen molar-refractivity contribution in [2.75, 3.05) is 26.8 Å². The van der Waals surface area contributed by atoms with Gasteiger partial charge in [-0.2, -0.15) is 0 Å². The molecule has 0 saturated heterocycles. The number of amides is 1. The molecule has 4 heteroatoms. The van der Waals surface area contributed by atoms with Gasteiger partial charge in [0.25, 0.3) is 0 Å². The molecule has 0 heterocycles. The van der Waals surface area contributed by atoms with Crippen LogP contribution in [0.15, 0.2) is 30.3 Å². The van der Waals surface area contributed by atoms with Crippen LogP contribution in [0, 0.1) is 0 Å². The van der Waals surface area contributed by atoms with Crippen molar-refractivity contribution < 1.29 is 9.53 Å². The van der Waals surface area contributed by atoms with Gasteiger partial charge < -0.3 is 15.0 Å². The Morgan fingerprint density at radius 1 is 1.23 bits per heavy atom. The highest BCUT2D eigenvalue weighted by atomic mass is 16.5. The fourth-order valence-corrected chi connectivity index (χ4v) is 3.06. The third-order valence-corrected chi connectivity index (χ3v) is 4.29. The summed E-state index contributed by atoms with van der Waals surface area (Å²) in [7, 11) is 1.67. The van der Waals surface area contributed by atoms with Crippen LogP contribution in [0.1, 0.15) is 37.7 Å². The molecule has 2 rings (SSSR count). The molecule has 22 heavy (non-hydrogen) atoms. The minimum absolute atomic E-state index is 0.201. The van der Waals surface area contributed by atoms with Gasteiger partial charge in [0.15, 0.2) is 0 Å². The van der Waals surface area contributed by atoms with Gasteiger partial charge in [-0.3, -0.25) is 4.79 Å². The molecule has 122 valence electrons. The van der Waals surface area contributed by atoms with E-state index in [0.29, 0.717) is 25.7 Å². The maximum Gasteiger partial charge on any atom is 0.237 e. The molecule has 0 aromatic heterocycles. The van der Waals surface area contributed by atoms with E-state index >= 15 is 0 Å². The van der Waals surface area contributed by atoms with Gasteiger partial charge in [-0.1, -0.05) is 49.6 Å². The average Bonchev–Trinajstić information content (AvgIpc) is 2.58. The van der Waals surface area contributed by atoms with Gasteiger partial charge in [0.2, 0.25) is 5.91 Å². The first kappa shape index (κ1) is 17.0. The van der Waals surface area contributed by atoms with Crippen LogP contribution in [0.3, 0.4) is 0 Å². The van der Waals surface area contributed by atoms with Crippen LogP contribution < -0.4 is 5.32 Å². The summed E-state index contributed by atoms with van der Waals surface area (Å²) in [4.78, 5) is 14.7. The zero-order valence-electron chi connectivity index (χ0n) is 13.6. The van der Waals surface area contributed by atoms with Gasteiger partial charge >= 0.3 is 0 Å². The first-order valence-corrected chi connectivity index (χ1v) is 8.34. The summed E-state index contributed by atoms with van der Waals surface area (Å²) in [5.74, 6) is 0.201. The zero-order chi connectivity index (χ0) is 15.6. The summed E-state index contributed by atoms with van der Waals surface area (Å²) >= 11 is 0. The Hall–Kier alpha value is -1.39. The molecular formula is C18H28N2O2. The molecule has 1 saturated carbocycles. The summed E-state index contributed by atoms with van der Waals surface area (Å²) in [5, 5.41) is 3.18. The van der Waals surface area contributed by atoms with E-state index in [2.05, 4.69) is 22.3 Å². The third-order valence-electron chi connectivity index (χ3n) is 4.29. The van der Waals surface area contributed by atoms with Crippen LogP contribution >= 0.6 is 0 Å². The molecule has 1 aromatic carbocycles. The van der Waals surface area contributed by atoms with E-state index < -0.39 is 0 Å². The number of rotatable bonds is 8. The minimum Gasteiger partial charge on any atom is -0.383 e. The molecule has 0 unspecified atom stereocenters. The van der Waals surface area contributed by atoms with Gasteiger partial charge in [0, 0.05) is 26.2 Å². The van der Waals surface area contributed by atoms with Crippen molar-refractivity contribution in [3.63, 3.8) is 0 Å². The van der Waals surface area contributed by atoms with E-state index in [1.807, 2.05) is 18.2 Å². The second-order valence-electron chi connectivity index (χ2n) is 5.97. The predicted octanol–water partition coefficient (Wildman–Crippen LogP) is 2.58. The van der Waals surface area contributed by atoms with E-state index in [-0.39, 0.29) is 5.91 Å². The molecule has 0 atom stereocenters. The Balaban J connectivity index is 1.95. The standard InChI is InChI=1S/C18H28N2O2/c1-22-13-12-19-14-18(21)20(17-10-6-3-7-11-17)15-16-8-4-2-5-9-16/h2,4-5,8-9,17,19H,3,6-7,10-15H2,1H3. The lowest BCUT2D eigenvalue weighted by molar-refractivity contribution is -0.134. The van der Waals surface area contributed by atoms with Crippen LogP contribution in [0.5, 0.6) is 0 Å². The number of ether oxygens (including phenoxy) is 1. The Bertz CT molecular complexity index is 430. The Kier molecular flexibility index (Phi) is 7.40. The van der Waals surface area contributed by atoms with Gasteiger partial charge in [0.05, 0.1) is 13.2 Å². The normalized spacial score (nSPS) is 15.7. The van der Waals surface area contributed by atoms with Crippen LogP contribution in [0.2, 0.25) is 0 Å². The van der Waals surface area contributed by atoms with Crippen molar-refractivity contribution in [2.45, 2.75) is 44.7 Å². The molecule has 1 N–H and O–H groups in total. The van der Waals surface area contributed by atoms with Crippen molar-refractivity contribution >= 4 is 5.91 Å². The number of hydrogen-bond donors (Lipinski definition) is 1. The molecule has 4 nitrogen and oxygen atoms in total. The van der Waals surface area contributed by atoms with Crippen LogP contribution in [0.4, 0.5) is 0 Å². The molecule has 0 bridgehead atoms. The molecule has 1 fully saturated rings. The lowest BCUT2D eigenvalue weighted by Gasteiger charge is -2.34. The van der Waals surface area contributed by atoms with Gasteiger partial charge in [-0.05, 0) is 18.4 Å². The highest BCUT2D eigenvalue weighted by molar-refractivity contribution is 5.78. The zero-order valence-corrected chi connectivity index (χ0v) is 13.6. The molecule has 0 radical (unpaired) electrons. The summed E-state index contributed by atoms with van der Waals surface area (Å²) in [6.45, 7) is 2.46. The first-order chi connectivity index (χ1) is 10.8. The second kappa shape index (κ2) is 9.59. The largest absolute Gasteiger partial charge is 0.383 e. The van der Waals surface area contributed by atoms with Crippen LogP contribution in [-0.2, 0) is 16.1 Å². The number of nitrogens with one attached hydrogen (secondary N) is 1. The third kappa shape index (κ3) is 5.43. The summed E-state index contributed by atoms with van der Waals surface area (Å²) in [5.41, 5.74) is 1.21. The fourth-order valence-electron chi connectivity index (χ4n) is 3.06. The summed E-state index contributed by atoms with van der Waals surface area (Å²) in [6.07, 6.45) is 6.05. The molecule has 1 aliphatic carbocycles. The van der Waals surface area contributed by atoms with Gasteiger partial charge in [-0.25, -0.2) is 0 Å². The minimum atomic E-state index is 0.201. The maximum atomic E-state index is 12.6. The highest BCUT2D eigenvalue weighted by Crippen LogP contribution is 2.24. The molecule has 1 aliphatic rings. The SMILES string of the molecule is COCCNCC(=O)N(Cc1ccccc1)C1CCCCC1. The fraction of sp³-hybridized carbons (Fsp3) is 0.611. The van der Waals surface area contributed by atoms with Crippen molar-refractivity contribution in [2.24, 2.45) is 0 Å². The molecule has 1 amide bonds. The maximum absolute atomic E-state index is 12.6. The predicted molar refractivity (Wildman–Crippen MR) is 88.6 cm³/mol. The van der Waals surface area contributed by atoms with Gasteiger partial charge in [0.1, 0.15) is 0 Å².